The molecule has 1 saturated heterocycles. The lowest BCUT2D eigenvalue weighted by atomic mass is 9.98. The summed E-state index contributed by atoms with van der Waals surface area (Å²) >= 11 is 0. The van der Waals surface area contributed by atoms with Gasteiger partial charge in [0.2, 0.25) is 5.91 Å². The van der Waals surface area contributed by atoms with Crippen molar-refractivity contribution in [3.05, 3.63) is 69.8 Å². The van der Waals surface area contributed by atoms with Gasteiger partial charge in [0.15, 0.2) is 0 Å². The highest BCUT2D eigenvalue weighted by Crippen LogP contribution is 2.38. The fraction of sp³-hybridized carbons (Fsp3) is 0.364. The number of rotatable bonds is 4. The van der Waals surface area contributed by atoms with E-state index in [4.69, 9.17) is 0 Å². The zero-order valence-electron chi connectivity index (χ0n) is 17.2. The minimum Gasteiger partial charge on any atom is -0.346 e. The Morgan fingerprint density at radius 1 is 1.13 bits per heavy atom. The standard InChI is InChI=1S/C22H24N4O4/c1-14(2)24-19-10-9-17(26(29)30)11-18(19)22(28)25-15(3)21(27)23(13-20(24)25)12-16-7-5-4-6-8-16/h4-11,14-15,20H,12-13H2,1-3H3/t15-,20+/m0/s1. The largest absolute Gasteiger partial charge is 0.346 e. The molecule has 0 spiro atoms. The second-order valence-electron chi connectivity index (χ2n) is 8.03. The summed E-state index contributed by atoms with van der Waals surface area (Å²) in [6.07, 6.45) is -0.331. The quantitative estimate of drug-likeness (QED) is 0.573. The minimum absolute atomic E-state index is 0.0322. The lowest BCUT2D eigenvalue weighted by Crippen LogP contribution is -2.70. The third-order valence-electron chi connectivity index (χ3n) is 5.82. The van der Waals surface area contributed by atoms with E-state index < -0.39 is 11.0 Å². The molecule has 0 N–H and O–H groups in total. The molecule has 8 heteroatoms. The second kappa shape index (κ2) is 7.44. The van der Waals surface area contributed by atoms with Gasteiger partial charge in [-0.05, 0) is 32.4 Å². The number of benzene rings is 2. The van der Waals surface area contributed by atoms with Gasteiger partial charge in [0, 0.05) is 24.7 Å². The molecule has 2 aliphatic heterocycles. The summed E-state index contributed by atoms with van der Waals surface area (Å²) in [5.74, 6) is -0.461. The molecule has 0 radical (unpaired) electrons. The van der Waals surface area contributed by atoms with E-state index in [0.29, 0.717) is 18.8 Å². The van der Waals surface area contributed by atoms with E-state index in [-0.39, 0.29) is 35.3 Å². The molecule has 2 aromatic carbocycles. The first kappa shape index (κ1) is 19.9. The predicted octanol–water partition coefficient (Wildman–Crippen LogP) is 3.02. The summed E-state index contributed by atoms with van der Waals surface area (Å²) in [5, 5.41) is 11.2. The molecule has 4 rings (SSSR count). The lowest BCUT2D eigenvalue weighted by molar-refractivity contribution is -0.384. The molecular formula is C22H24N4O4. The normalized spacial score (nSPS) is 21.0. The van der Waals surface area contributed by atoms with E-state index in [0.717, 1.165) is 5.56 Å². The van der Waals surface area contributed by atoms with Crippen molar-refractivity contribution in [2.24, 2.45) is 0 Å². The van der Waals surface area contributed by atoms with Crippen molar-refractivity contribution < 1.29 is 14.5 Å². The Hall–Kier alpha value is -3.42. The smallest absolute Gasteiger partial charge is 0.270 e. The van der Waals surface area contributed by atoms with E-state index in [1.165, 1.54) is 12.1 Å². The number of anilines is 1. The number of hydrogen-bond donors (Lipinski definition) is 0. The van der Waals surface area contributed by atoms with Crippen molar-refractivity contribution in [2.45, 2.75) is 45.6 Å². The van der Waals surface area contributed by atoms with Crippen molar-refractivity contribution in [3.8, 4) is 0 Å². The lowest BCUT2D eigenvalue weighted by Gasteiger charge is -2.53. The zero-order valence-corrected chi connectivity index (χ0v) is 17.2. The molecule has 2 atom stereocenters. The van der Waals surface area contributed by atoms with E-state index in [2.05, 4.69) is 4.90 Å². The molecule has 2 aromatic rings. The van der Waals surface area contributed by atoms with Crippen molar-refractivity contribution in [3.63, 3.8) is 0 Å². The van der Waals surface area contributed by atoms with Gasteiger partial charge in [-0.1, -0.05) is 30.3 Å². The fourth-order valence-electron chi connectivity index (χ4n) is 4.45. The number of nitro benzene ring substituents is 1. The van der Waals surface area contributed by atoms with Crippen molar-refractivity contribution in [1.82, 2.24) is 9.80 Å². The van der Waals surface area contributed by atoms with Crippen LogP contribution in [0.5, 0.6) is 0 Å². The number of amides is 2. The average molecular weight is 408 g/mol. The van der Waals surface area contributed by atoms with Gasteiger partial charge in [0.25, 0.3) is 11.6 Å². The summed E-state index contributed by atoms with van der Waals surface area (Å²) < 4.78 is 0. The van der Waals surface area contributed by atoms with Crippen LogP contribution in [0.25, 0.3) is 0 Å². The van der Waals surface area contributed by atoms with Gasteiger partial charge < -0.3 is 14.7 Å². The third kappa shape index (κ3) is 3.18. The summed E-state index contributed by atoms with van der Waals surface area (Å²) in [7, 11) is 0. The zero-order chi connectivity index (χ0) is 21.6. The van der Waals surface area contributed by atoms with E-state index >= 15 is 0 Å². The molecule has 156 valence electrons. The summed E-state index contributed by atoms with van der Waals surface area (Å²) in [4.78, 5) is 42.6. The van der Waals surface area contributed by atoms with Crippen LogP contribution in [-0.2, 0) is 11.3 Å². The van der Waals surface area contributed by atoms with Crippen LogP contribution >= 0.6 is 0 Å². The molecule has 8 nitrogen and oxygen atoms in total. The van der Waals surface area contributed by atoms with Gasteiger partial charge in [-0.2, -0.15) is 0 Å². The van der Waals surface area contributed by atoms with Crippen LogP contribution in [0.1, 0.15) is 36.7 Å². The number of carbonyl (C=O) groups is 2. The van der Waals surface area contributed by atoms with Crippen LogP contribution in [0.2, 0.25) is 0 Å². The molecule has 0 saturated carbocycles. The maximum Gasteiger partial charge on any atom is 0.270 e. The van der Waals surface area contributed by atoms with Crippen LogP contribution in [0.3, 0.4) is 0 Å². The van der Waals surface area contributed by atoms with E-state index in [9.17, 15) is 19.7 Å². The summed E-state index contributed by atoms with van der Waals surface area (Å²) in [6, 6.07) is 13.5. The summed E-state index contributed by atoms with van der Waals surface area (Å²) in [6.45, 7) is 6.61. The SMILES string of the molecule is CC(C)N1c2ccc([N+](=O)[O-])cc2C(=O)N2[C@@H]1CN(Cc1ccccc1)C(=O)[C@@H]2C. The number of fused-ring (bicyclic) bond motifs is 2. The molecule has 2 heterocycles. The van der Waals surface area contributed by atoms with Crippen LogP contribution in [0.4, 0.5) is 11.4 Å². The van der Waals surface area contributed by atoms with Gasteiger partial charge in [-0.15, -0.1) is 0 Å². The predicted molar refractivity (Wildman–Crippen MR) is 112 cm³/mol. The average Bonchev–Trinajstić information content (AvgIpc) is 2.72. The molecule has 0 unspecified atom stereocenters. The number of non-ortho nitro benzene ring substituents is 1. The molecule has 1 fully saturated rings. The van der Waals surface area contributed by atoms with Crippen molar-refractivity contribution in [2.75, 3.05) is 11.4 Å². The third-order valence-corrected chi connectivity index (χ3v) is 5.82. The highest BCUT2D eigenvalue weighted by Gasteiger charge is 2.48. The molecule has 0 bridgehead atoms. The van der Waals surface area contributed by atoms with Crippen molar-refractivity contribution in [1.29, 1.82) is 0 Å². The monoisotopic (exact) mass is 408 g/mol. The molecule has 2 aliphatic rings. The van der Waals surface area contributed by atoms with Gasteiger partial charge >= 0.3 is 0 Å². The molecule has 0 aromatic heterocycles. The Kier molecular flexibility index (Phi) is 4.93. The first-order valence-electron chi connectivity index (χ1n) is 10.0. The first-order chi connectivity index (χ1) is 14.3. The van der Waals surface area contributed by atoms with Gasteiger partial charge in [-0.3, -0.25) is 19.7 Å². The number of carbonyl (C=O) groups excluding carboxylic acids is 2. The Morgan fingerprint density at radius 2 is 1.83 bits per heavy atom. The molecule has 2 amide bonds. The molecular weight excluding hydrogens is 384 g/mol. The van der Waals surface area contributed by atoms with Gasteiger partial charge in [0.05, 0.1) is 22.7 Å². The Bertz CT molecular complexity index is 1010. The van der Waals surface area contributed by atoms with Gasteiger partial charge in [0.1, 0.15) is 12.2 Å². The van der Waals surface area contributed by atoms with E-state index in [1.54, 1.807) is 22.8 Å². The topological polar surface area (TPSA) is 87.0 Å². The second-order valence-corrected chi connectivity index (χ2v) is 8.03. The molecule has 0 aliphatic carbocycles. The Labute approximate surface area is 174 Å². The number of nitro groups is 1. The highest BCUT2D eigenvalue weighted by molar-refractivity contribution is 6.05. The van der Waals surface area contributed by atoms with E-state index in [1.807, 2.05) is 44.2 Å². The maximum absolute atomic E-state index is 13.3. The summed E-state index contributed by atoms with van der Waals surface area (Å²) in [5.41, 5.74) is 1.83. The van der Waals surface area contributed by atoms with Crippen molar-refractivity contribution >= 4 is 23.2 Å². The van der Waals surface area contributed by atoms with Crippen LogP contribution < -0.4 is 4.90 Å². The maximum atomic E-state index is 13.3. The van der Waals surface area contributed by atoms with Crippen LogP contribution in [-0.4, -0.2) is 51.3 Å². The number of piperazine rings is 1. The minimum atomic E-state index is -0.659. The number of nitrogens with zero attached hydrogens (tertiary/aromatic N) is 4. The Morgan fingerprint density at radius 3 is 2.47 bits per heavy atom. The number of hydrogen-bond acceptors (Lipinski definition) is 5. The van der Waals surface area contributed by atoms with Crippen LogP contribution in [0.15, 0.2) is 48.5 Å². The van der Waals surface area contributed by atoms with Crippen LogP contribution in [0, 0.1) is 10.1 Å². The molecule has 30 heavy (non-hydrogen) atoms. The van der Waals surface area contributed by atoms with Gasteiger partial charge in [-0.25, -0.2) is 0 Å². The highest BCUT2D eigenvalue weighted by atomic mass is 16.6. The first-order valence-corrected chi connectivity index (χ1v) is 10.0. The Balaban J connectivity index is 1.75. The fourth-order valence-corrected chi connectivity index (χ4v) is 4.45.